The smallest absolute Gasteiger partial charge is 0.160 e. The van der Waals surface area contributed by atoms with Crippen molar-refractivity contribution in [2.24, 2.45) is 0 Å². The first-order chi connectivity index (χ1) is 10.8. The summed E-state index contributed by atoms with van der Waals surface area (Å²) in [6.07, 6.45) is 9.50. The Balaban J connectivity index is 1.72. The van der Waals surface area contributed by atoms with Gasteiger partial charge >= 0.3 is 0 Å². The van der Waals surface area contributed by atoms with Gasteiger partial charge in [-0.3, -0.25) is 4.57 Å². The van der Waals surface area contributed by atoms with Gasteiger partial charge in [0, 0.05) is 18.7 Å². The first-order valence-electron chi connectivity index (χ1n) is 8.46. The van der Waals surface area contributed by atoms with Gasteiger partial charge in [-0.1, -0.05) is 0 Å². The number of rotatable bonds is 3. The van der Waals surface area contributed by atoms with Crippen molar-refractivity contribution in [3.63, 3.8) is 0 Å². The van der Waals surface area contributed by atoms with E-state index in [-0.39, 0.29) is 0 Å². The molecule has 2 fully saturated rings. The van der Waals surface area contributed by atoms with Crippen LogP contribution in [0.15, 0.2) is 18.3 Å². The Morgan fingerprint density at radius 3 is 3.00 bits per heavy atom. The minimum atomic E-state index is 0.523. The van der Waals surface area contributed by atoms with Crippen LogP contribution in [0.5, 0.6) is 0 Å². The van der Waals surface area contributed by atoms with E-state index in [0.717, 1.165) is 17.6 Å². The molecule has 2 unspecified atom stereocenters. The van der Waals surface area contributed by atoms with Gasteiger partial charge in [-0.05, 0) is 63.6 Å². The number of pyridine rings is 1. The largest absolute Gasteiger partial charge is 0.303 e. The van der Waals surface area contributed by atoms with Crippen LogP contribution >= 0.6 is 11.8 Å². The summed E-state index contributed by atoms with van der Waals surface area (Å²) >= 11 is 2.08. The quantitative estimate of drug-likeness (QED) is 0.868. The minimum absolute atomic E-state index is 0.523. The lowest BCUT2D eigenvalue weighted by molar-refractivity contribution is 0.303. The molecule has 0 aromatic carbocycles. The molecule has 4 rings (SSSR count). The van der Waals surface area contributed by atoms with Gasteiger partial charge in [0.25, 0.3) is 0 Å². The number of hydrogen-bond donors (Lipinski definition) is 0. The summed E-state index contributed by atoms with van der Waals surface area (Å²) in [6.45, 7) is 1.22. The first kappa shape index (κ1) is 14.5. The third-order valence-electron chi connectivity index (χ3n) is 5.06. The van der Waals surface area contributed by atoms with Crippen molar-refractivity contribution >= 4 is 22.9 Å². The minimum Gasteiger partial charge on any atom is -0.303 e. The van der Waals surface area contributed by atoms with Crippen LogP contribution in [-0.4, -0.2) is 44.8 Å². The van der Waals surface area contributed by atoms with Gasteiger partial charge in [0.2, 0.25) is 0 Å². The van der Waals surface area contributed by atoms with Gasteiger partial charge in [-0.15, -0.1) is 11.8 Å². The van der Waals surface area contributed by atoms with Crippen LogP contribution in [0.25, 0.3) is 11.2 Å². The first-order valence-corrected chi connectivity index (χ1v) is 9.51. The van der Waals surface area contributed by atoms with Crippen LogP contribution in [0.2, 0.25) is 0 Å². The number of likely N-dealkylation sites (N-methyl/N-ethyl adjacent to an activating group) is 1. The van der Waals surface area contributed by atoms with Crippen molar-refractivity contribution in [2.75, 3.05) is 19.3 Å². The molecule has 118 valence electrons. The van der Waals surface area contributed by atoms with Crippen molar-refractivity contribution in [3.8, 4) is 0 Å². The number of hydrogen-bond acceptors (Lipinski definition) is 4. The van der Waals surface area contributed by atoms with Gasteiger partial charge in [0.05, 0.1) is 5.37 Å². The van der Waals surface area contributed by atoms with Crippen molar-refractivity contribution in [2.45, 2.75) is 49.9 Å². The van der Waals surface area contributed by atoms with Crippen LogP contribution in [-0.2, 0) is 6.42 Å². The lowest BCUT2D eigenvalue weighted by Crippen LogP contribution is -2.28. The van der Waals surface area contributed by atoms with Gasteiger partial charge in [-0.2, -0.15) is 0 Å². The number of imidazole rings is 1. The molecule has 2 aromatic rings. The molecule has 2 aromatic heterocycles. The SMILES string of the molecule is CN1CCCC1Cc1nc2cccnc2n1C1CCCCS1. The van der Waals surface area contributed by atoms with Crippen molar-refractivity contribution in [1.82, 2.24) is 19.4 Å². The summed E-state index contributed by atoms with van der Waals surface area (Å²) in [5.41, 5.74) is 2.14. The number of nitrogens with zero attached hydrogens (tertiary/aromatic N) is 4. The third-order valence-corrected chi connectivity index (χ3v) is 6.41. The van der Waals surface area contributed by atoms with E-state index in [1.807, 2.05) is 12.3 Å². The van der Waals surface area contributed by atoms with E-state index in [9.17, 15) is 0 Å². The average molecular weight is 316 g/mol. The molecule has 0 aliphatic carbocycles. The Morgan fingerprint density at radius 2 is 2.23 bits per heavy atom. The summed E-state index contributed by atoms with van der Waals surface area (Å²) < 4.78 is 2.45. The maximum Gasteiger partial charge on any atom is 0.160 e. The molecule has 22 heavy (non-hydrogen) atoms. The number of fused-ring (bicyclic) bond motifs is 1. The van der Waals surface area contributed by atoms with E-state index in [1.165, 1.54) is 50.2 Å². The Labute approximate surface area is 136 Å². The van der Waals surface area contributed by atoms with Gasteiger partial charge in [-0.25, -0.2) is 9.97 Å². The average Bonchev–Trinajstić information content (AvgIpc) is 3.12. The monoisotopic (exact) mass is 316 g/mol. The topological polar surface area (TPSA) is 34.0 Å². The second-order valence-electron chi connectivity index (χ2n) is 6.55. The zero-order valence-corrected chi connectivity index (χ0v) is 14.1. The molecule has 0 amide bonds. The molecule has 2 atom stereocenters. The highest BCUT2D eigenvalue weighted by atomic mass is 32.2. The number of aromatic nitrogens is 3. The summed E-state index contributed by atoms with van der Waals surface area (Å²) in [7, 11) is 2.25. The van der Waals surface area contributed by atoms with Crippen molar-refractivity contribution < 1.29 is 0 Å². The second kappa shape index (κ2) is 6.20. The Bertz CT molecular complexity index is 647. The van der Waals surface area contributed by atoms with Gasteiger partial charge < -0.3 is 4.90 Å². The lowest BCUT2D eigenvalue weighted by atomic mass is 10.1. The Hall–Kier alpha value is -1.07. The molecule has 5 heteroatoms. The van der Waals surface area contributed by atoms with E-state index in [0.29, 0.717) is 11.4 Å². The standard InChI is InChI=1S/C17H24N4S/c1-20-10-5-6-13(20)12-15-19-14-7-4-9-18-17(14)21(15)16-8-2-3-11-22-16/h4,7,9,13,16H,2-3,5-6,8,10-12H2,1H3. The molecule has 2 saturated heterocycles. The molecule has 0 radical (unpaired) electrons. The second-order valence-corrected chi connectivity index (χ2v) is 7.83. The van der Waals surface area contributed by atoms with E-state index in [1.54, 1.807) is 0 Å². The highest BCUT2D eigenvalue weighted by molar-refractivity contribution is 7.99. The lowest BCUT2D eigenvalue weighted by Gasteiger charge is -2.26. The molecule has 0 spiro atoms. The van der Waals surface area contributed by atoms with Crippen LogP contribution in [0, 0.1) is 0 Å². The summed E-state index contributed by atoms with van der Waals surface area (Å²) in [5, 5.41) is 0.523. The fourth-order valence-corrected chi connectivity index (χ4v) is 5.15. The molecule has 4 heterocycles. The molecular formula is C17H24N4S. The fraction of sp³-hybridized carbons (Fsp3) is 0.647. The predicted octanol–water partition coefficient (Wildman–Crippen LogP) is 3.48. The summed E-state index contributed by atoms with van der Waals surface area (Å²) in [6, 6.07) is 4.75. The zero-order chi connectivity index (χ0) is 14.9. The molecule has 4 nitrogen and oxygen atoms in total. The Morgan fingerprint density at radius 1 is 1.27 bits per heavy atom. The Kier molecular flexibility index (Phi) is 4.09. The van der Waals surface area contributed by atoms with E-state index < -0.39 is 0 Å². The zero-order valence-electron chi connectivity index (χ0n) is 13.2. The van der Waals surface area contributed by atoms with E-state index >= 15 is 0 Å². The van der Waals surface area contributed by atoms with Crippen LogP contribution in [0.3, 0.4) is 0 Å². The van der Waals surface area contributed by atoms with Crippen molar-refractivity contribution in [1.29, 1.82) is 0 Å². The molecule has 2 aliphatic heterocycles. The van der Waals surface area contributed by atoms with Crippen LogP contribution < -0.4 is 0 Å². The van der Waals surface area contributed by atoms with Gasteiger partial charge in [0.1, 0.15) is 11.3 Å². The fourth-order valence-electron chi connectivity index (χ4n) is 3.80. The summed E-state index contributed by atoms with van der Waals surface area (Å²) in [4.78, 5) is 12.1. The van der Waals surface area contributed by atoms with Crippen molar-refractivity contribution in [3.05, 3.63) is 24.2 Å². The molecule has 2 aliphatic rings. The van der Waals surface area contributed by atoms with E-state index in [4.69, 9.17) is 4.98 Å². The third kappa shape index (κ3) is 2.65. The molecular weight excluding hydrogens is 292 g/mol. The number of likely N-dealkylation sites (tertiary alicyclic amines) is 1. The van der Waals surface area contributed by atoms with Crippen LogP contribution in [0.4, 0.5) is 0 Å². The molecule has 0 saturated carbocycles. The normalized spacial score (nSPS) is 26.8. The molecule has 0 N–H and O–H groups in total. The maximum absolute atomic E-state index is 4.95. The van der Waals surface area contributed by atoms with E-state index in [2.05, 4.69) is 39.3 Å². The predicted molar refractivity (Wildman–Crippen MR) is 92.2 cm³/mol. The molecule has 0 bridgehead atoms. The van der Waals surface area contributed by atoms with Crippen LogP contribution in [0.1, 0.15) is 43.3 Å². The van der Waals surface area contributed by atoms with Gasteiger partial charge in [0.15, 0.2) is 5.65 Å². The maximum atomic E-state index is 4.95. The summed E-state index contributed by atoms with van der Waals surface area (Å²) in [5.74, 6) is 2.51. The highest BCUT2D eigenvalue weighted by Gasteiger charge is 2.27. The number of thioether (sulfide) groups is 1. The highest BCUT2D eigenvalue weighted by Crippen LogP contribution is 2.37.